The molecule has 0 aliphatic carbocycles. The molecule has 0 N–H and O–H groups in total. The molecule has 6 nitrogen and oxygen atoms in total. The molecule has 1 unspecified atom stereocenters. The molecule has 0 radical (unpaired) electrons. The van der Waals surface area contributed by atoms with E-state index in [2.05, 4.69) is 87.6 Å². The molecule has 0 aromatic carbocycles. The van der Waals surface area contributed by atoms with Crippen molar-refractivity contribution in [2.45, 2.75) is 149 Å². The van der Waals surface area contributed by atoms with Crippen molar-refractivity contribution in [1.29, 1.82) is 0 Å². The van der Waals surface area contributed by atoms with E-state index in [1.165, 1.54) is 0 Å². The number of carbonyl (C=O) groups is 3. The van der Waals surface area contributed by atoms with Crippen molar-refractivity contribution >= 4 is 17.9 Å². The minimum Gasteiger partial charge on any atom is -0.462 e. The molecule has 0 aliphatic heterocycles. The van der Waals surface area contributed by atoms with E-state index < -0.39 is 6.10 Å². The summed E-state index contributed by atoms with van der Waals surface area (Å²) >= 11 is 0. The van der Waals surface area contributed by atoms with Crippen LogP contribution >= 0.6 is 0 Å². The van der Waals surface area contributed by atoms with Gasteiger partial charge >= 0.3 is 17.9 Å². The maximum Gasteiger partial charge on any atom is 0.306 e. The second kappa shape index (κ2) is 50.2. The molecule has 0 amide bonds. The minimum atomic E-state index is -0.853. The molecule has 0 aliphatic rings. The lowest BCUT2D eigenvalue weighted by Crippen LogP contribution is -2.30. The van der Waals surface area contributed by atoms with E-state index in [9.17, 15) is 14.4 Å². The Bertz CT molecular complexity index is 1610. The van der Waals surface area contributed by atoms with Crippen molar-refractivity contribution in [1.82, 2.24) is 0 Å². The molecule has 0 bridgehead atoms. The van der Waals surface area contributed by atoms with Gasteiger partial charge in [0.15, 0.2) is 6.10 Å². The minimum absolute atomic E-state index is 0.148. The Hall–Kier alpha value is -5.49. The molecule has 0 spiro atoms. The van der Waals surface area contributed by atoms with Gasteiger partial charge in [0, 0.05) is 19.3 Å². The van der Waals surface area contributed by atoms with Crippen molar-refractivity contribution in [3.05, 3.63) is 182 Å². The monoisotopic (exact) mass is 875 g/mol. The van der Waals surface area contributed by atoms with Gasteiger partial charge in [0.1, 0.15) is 13.2 Å². The third kappa shape index (κ3) is 47.6. The van der Waals surface area contributed by atoms with Crippen molar-refractivity contribution in [3.63, 3.8) is 0 Å². The van der Waals surface area contributed by atoms with Crippen molar-refractivity contribution in [3.8, 4) is 0 Å². The predicted octanol–water partition coefficient (Wildman–Crippen LogP) is 15.8. The summed E-state index contributed by atoms with van der Waals surface area (Å²) in [6.07, 6.45) is 75.9. The first-order valence-corrected chi connectivity index (χ1v) is 23.9. The topological polar surface area (TPSA) is 78.9 Å². The second-order valence-electron chi connectivity index (χ2n) is 14.8. The summed E-state index contributed by atoms with van der Waals surface area (Å²) in [5, 5.41) is 0. The van der Waals surface area contributed by atoms with Crippen LogP contribution in [0.1, 0.15) is 143 Å². The average Bonchev–Trinajstić information content (AvgIpc) is 3.29. The van der Waals surface area contributed by atoms with Crippen molar-refractivity contribution < 1.29 is 28.6 Å². The molecular weight excluding hydrogens is 793 g/mol. The summed E-state index contributed by atoms with van der Waals surface area (Å²) in [7, 11) is 0. The van der Waals surface area contributed by atoms with E-state index >= 15 is 0 Å². The molecule has 0 saturated heterocycles. The summed E-state index contributed by atoms with van der Waals surface area (Å²) < 4.78 is 16.6. The van der Waals surface area contributed by atoms with Gasteiger partial charge in [-0.15, -0.1) is 0 Å². The van der Waals surface area contributed by atoms with Crippen LogP contribution in [0.4, 0.5) is 0 Å². The van der Waals surface area contributed by atoms with E-state index in [1.54, 1.807) is 0 Å². The zero-order valence-electron chi connectivity index (χ0n) is 39.7. The van der Waals surface area contributed by atoms with Crippen LogP contribution in [-0.2, 0) is 28.6 Å². The van der Waals surface area contributed by atoms with E-state index in [0.717, 1.165) is 83.5 Å². The highest BCUT2D eigenvalue weighted by molar-refractivity contribution is 5.71. The molecule has 350 valence electrons. The number of ether oxygens (including phenoxy) is 3. The van der Waals surface area contributed by atoms with E-state index in [4.69, 9.17) is 14.2 Å². The van der Waals surface area contributed by atoms with Gasteiger partial charge in [0.05, 0.1) is 0 Å². The Morgan fingerprint density at radius 1 is 0.328 bits per heavy atom. The number of hydrogen-bond donors (Lipinski definition) is 0. The molecule has 0 fully saturated rings. The van der Waals surface area contributed by atoms with Gasteiger partial charge in [-0.1, -0.05) is 216 Å². The van der Waals surface area contributed by atoms with Crippen LogP contribution in [-0.4, -0.2) is 37.2 Å². The highest BCUT2D eigenvalue weighted by Gasteiger charge is 2.19. The van der Waals surface area contributed by atoms with Gasteiger partial charge in [-0.05, 0) is 89.9 Å². The zero-order chi connectivity index (χ0) is 46.5. The Morgan fingerprint density at radius 2 is 0.656 bits per heavy atom. The predicted molar refractivity (Wildman–Crippen MR) is 274 cm³/mol. The number of rotatable bonds is 39. The second-order valence-corrected chi connectivity index (χ2v) is 14.8. The SMILES string of the molecule is CC\C=C/C=C\C=C/C=C\C=C/CCCC(=O)OCC(COC(=O)CCCCC\C=C/C=C/C=C\C=C/C=C\C=C/CC)OC(=O)CCCCC/C=C\C/C=C\C/C=C\C/C=C\CC. The van der Waals surface area contributed by atoms with Crippen molar-refractivity contribution in [2.24, 2.45) is 0 Å². The van der Waals surface area contributed by atoms with Gasteiger partial charge in [0.2, 0.25) is 0 Å². The standard InChI is InChI=1S/C58H82O6/c1-4-7-10-13-16-19-22-25-27-29-31-33-36-39-42-45-48-51-57(60)63-54-55(53-62-56(59)50-47-44-41-38-35-32-24-21-18-15-12-9-6-3)64-58(61)52-49-46-43-40-37-34-30-28-26-23-20-17-14-11-8-5-2/h7-13,15-22,24-29,31-38,41,55H,4-6,14,23,30,39-40,42-54H2,1-3H3/b10-7-,11-8-,12-9-,16-13-,18-15-,20-17-,22-19-,24-21-,27-25-,28-26-,31-29+,35-32-,36-33-,37-34-,41-38-. The summed E-state index contributed by atoms with van der Waals surface area (Å²) in [5.74, 6) is -1.12. The molecule has 64 heavy (non-hydrogen) atoms. The quantitative estimate of drug-likeness (QED) is 0.0201. The van der Waals surface area contributed by atoms with Crippen LogP contribution in [0.3, 0.4) is 0 Å². The van der Waals surface area contributed by atoms with Crippen LogP contribution < -0.4 is 0 Å². The van der Waals surface area contributed by atoms with Gasteiger partial charge in [-0.25, -0.2) is 0 Å². The molecular formula is C58H82O6. The maximum atomic E-state index is 12.8. The Kier molecular flexibility index (Phi) is 45.9. The van der Waals surface area contributed by atoms with E-state index in [0.29, 0.717) is 19.3 Å². The fourth-order valence-corrected chi connectivity index (χ4v) is 5.43. The molecule has 0 rings (SSSR count). The first-order chi connectivity index (χ1) is 31.5. The van der Waals surface area contributed by atoms with Crippen LogP contribution in [0.25, 0.3) is 0 Å². The molecule has 0 saturated carbocycles. The van der Waals surface area contributed by atoms with E-state index in [1.807, 2.05) is 115 Å². The first-order valence-electron chi connectivity index (χ1n) is 23.9. The van der Waals surface area contributed by atoms with E-state index in [-0.39, 0.29) is 50.4 Å². The number of carbonyl (C=O) groups excluding carboxylic acids is 3. The molecule has 0 aromatic rings. The summed E-state index contributed by atoms with van der Waals surface area (Å²) in [4.78, 5) is 37.9. The highest BCUT2D eigenvalue weighted by atomic mass is 16.6. The van der Waals surface area contributed by atoms with Gasteiger partial charge in [-0.3, -0.25) is 14.4 Å². The zero-order valence-corrected chi connectivity index (χ0v) is 39.7. The fourth-order valence-electron chi connectivity index (χ4n) is 5.43. The third-order valence-electron chi connectivity index (χ3n) is 8.93. The summed E-state index contributed by atoms with van der Waals surface area (Å²) in [6.45, 7) is 6.05. The Balaban J connectivity index is 4.70. The Morgan fingerprint density at radius 3 is 1.09 bits per heavy atom. The van der Waals surface area contributed by atoms with Crippen LogP contribution in [0, 0.1) is 0 Å². The first kappa shape index (κ1) is 58.5. The normalized spacial score (nSPS) is 13.7. The fraction of sp³-hybridized carbons (Fsp3) is 0.431. The summed E-state index contributed by atoms with van der Waals surface area (Å²) in [5.41, 5.74) is 0. The molecule has 0 heterocycles. The Labute approximate surface area is 389 Å². The van der Waals surface area contributed by atoms with Crippen LogP contribution in [0.5, 0.6) is 0 Å². The smallest absolute Gasteiger partial charge is 0.306 e. The molecule has 6 heteroatoms. The van der Waals surface area contributed by atoms with Crippen molar-refractivity contribution in [2.75, 3.05) is 13.2 Å². The van der Waals surface area contributed by atoms with Gasteiger partial charge < -0.3 is 14.2 Å². The maximum absolute atomic E-state index is 12.8. The number of esters is 3. The highest BCUT2D eigenvalue weighted by Crippen LogP contribution is 2.10. The lowest BCUT2D eigenvalue weighted by Gasteiger charge is -2.18. The lowest BCUT2D eigenvalue weighted by atomic mass is 10.1. The van der Waals surface area contributed by atoms with Crippen LogP contribution in [0.2, 0.25) is 0 Å². The number of allylic oxidation sites excluding steroid dienone is 30. The van der Waals surface area contributed by atoms with Crippen LogP contribution in [0.15, 0.2) is 182 Å². The van der Waals surface area contributed by atoms with Gasteiger partial charge in [-0.2, -0.15) is 0 Å². The largest absolute Gasteiger partial charge is 0.462 e. The van der Waals surface area contributed by atoms with Gasteiger partial charge in [0.25, 0.3) is 0 Å². The summed E-state index contributed by atoms with van der Waals surface area (Å²) in [6, 6.07) is 0. The average molecular weight is 875 g/mol. The molecule has 1 atom stereocenters. The molecule has 0 aromatic heterocycles. The third-order valence-corrected chi connectivity index (χ3v) is 8.93. The number of hydrogen-bond acceptors (Lipinski definition) is 6. The number of unbranched alkanes of at least 4 members (excludes halogenated alkanes) is 7. The lowest BCUT2D eigenvalue weighted by molar-refractivity contribution is -0.167.